The fourth-order valence-corrected chi connectivity index (χ4v) is 1.34. The van der Waals surface area contributed by atoms with Crippen LogP contribution in [-0.4, -0.2) is 10.9 Å². The quantitative estimate of drug-likeness (QED) is 0.841. The van der Waals surface area contributed by atoms with Crippen molar-refractivity contribution in [2.45, 2.75) is 6.54 Å². The number of hydrogen-bond acceptors (Lipinski definition) is 4. The zero-order valence-electron chi connectivity index (χ0n) is 8.81. The molecule has 0 spiro atoms. The van der Waals surface area contributed by atoms with Crippen LogP contribution in [0.3, 0.4) is 0 Å². The molecule has 0 radical (unpaired) electrons. The molecule has 0 saturated carbocycles. The van der Waals surface area contributed by atoms with Gasteiger partial charge < -0.3 is 15.5 Å². The van der Waals surface area contributed by atoms with Crippen molar-refractivity contribution in [1.29, 1.82) is 0 Å². The van der Waals surface area contributed by atoms with Gasteiger partial charge >= 0.3 is 0 Å². The summed E-state index contributed by atoms with van der Waals surface area (Å²) >= 11 is 0. The highest BCUT2D eigenvalue weighted by atomic mass is 19.1. The zero-order valence-corrected chi connectivity index (χ0v) is 8.81. The molecule has 5 nitrogen and oxygen atoms in total. The van der Waals surface area contributed by atoms with Crippen molar-refractivity contribution in [3.8, 4) is 0 Å². The maximum absolute atomic E-state index is 13.2. The van der Waals surface area contributed by atoms with Crippen LogP contribution in [0.15, 0.2) is 35.2 Å². The summed E-state index contributed by atoms with van der Waals surface area (Å²) in [7, 11) is 0. The van der Waals surface area contributed by atoms with E-state index in [9.17, 15) is 9.18 Å². The van der Waals surface area contributed by atoms with Gasteiger partial charge in [-0.25, -0.2) is 9.37 Å². The smallest absolute Gasteiger partial charge is 0.251 e. The SMILES string of the molecule is NC(=O)c1cc(NCc2cnco2)ccc1F. The van der Waals surface area contributed by atoms with Gasteiger partial charge in [-0.1, -0.05) is 0 Å². The minimum Gasteiger partial charge on any atom is -0.447 e. The highest BCUT2D eigenvalue weighted by Gasteiger charge is 2.08. The molecule has 17 heavy (non-hydrogen) atoms. The molecule has 88 valence electrons. The lowest BCUT2D eigenvalue weighted by Crippen LogP contribution is -2.13. The molecule has 0 aliphatic carbocycles. The molecule has 1 amide bonds. The third-order valence-electron chi connectivity index (χ3n) is 2.18. The van der Waals surface area contributed by atoms with E-state index in [0.29, 0.717) is 18.0 Å². The van der Waals surface area contributed by atoms with Crippen molar-refractivity contribution in [3.63, 3.8) is 0 Å². The maximum Gasteiger partial charge on any atom is 0.251 e. The number of nitrogens with zero attached hydrogens (tertiary/aromatic N) is 1. The van der Waals surface area contributed by atoms with Gasteiger partial charge in [-0.05, 0) is 18.2 Å². The number of primary amides is 1. The van der Waals surface area contributed by atoms with E-state index in [0.717, 1.165) is 0 Å². The first-order valence-electron chi connectivity index (χ1n) is 4.87. The van der Waals surface area contributed by atoms with Crippen molar-refractivity contribution < 1.29 is 13.6 Å². The summed E-state index contributed by atoms with van der Waals surface area (Å²) in [5.41, 5.74) is 5.47. The van der Waals surface area contributed by atoms with Gasteiger partial charge in [0.1, 0.15) is 11.6 Å². The van der Waals surface area contributed by atoms with Crippen molar-refractivity contribution >= 4 is 11.6 Å². The summed E-state index contributed by atoms with van der Waals surface area (Å²) in [6, 6.07) is 4.05. The van der Waals surface area contributed by atoms with Gasteiger partial charge in [-0.15, -0.1) is 0 Å². The van der Waals surface area contributed by atoms with Crippen molar-refractivity contribution in [2.75, 3.05) is 5.32 Å². The summed E-state index contributed by atoms with van der Waals surface area (Å²) in [5.74, 6) is -0.802. The van der Waals surface area contributed by atoms with Crippen LogP contribution in [0.4, 0.5) is 10.1 Å². The number of oxazole rings is 1. The molecular formula is C11H10FN3O2. The molecule has 1 aromatic heterocycles. The molecule has 0 saturated heterocycles. The number of nitrogens with two attached hydrogens (primary N) is 1. The number of halogens is 1. The number of carbonyl (C=O) groups excluding carboxylic acids is 1. The molecule has 0 fully saturated rings. The van der Waals surface area contributed by atoms with Gasteiger partial charge in [-0.3, -0.25) is 4.79 Å². The third kappa shape index (κ3) is 2.60. The van der Waals surface area contributed by atoms with E-state index >= 15 is 0 Å². The number of rotatable bonds is 4. The Morgan fingerprint density at radius 1 is 1.53 bits per heavy atom. The van der Waals surface area contributed by atoms with E-state index in [1.54, 1.807) is 6.20 Å². The Morgan fingerprint density at radius 2 is 2.35 bits per heavy atom. The molecule has 2 aromatic rings. The van der Waals surface area contributed by atoms with E-state index in [1.807, 2.05) is 0 Å². The Hall–Kier alpha value is -2.37. The second-order valence-electron chi connectivity index (χ2n) is 3.38. The van der Waals surface area contributed by atoms with Crippen LogP contribution in [-0.2, 0) is 6.54 Å². The number of anilines is 1. The van der Waals surface area contributed by atoms with Crippen LogP contribution >= 0.6 is 0 Å². The molecule has 2 rings (SSSR count). The molecule has 0 atom stereocenters. The monoisotopic (exact) mass is 235 g/mol. The molecule has 3 N–H and O–H groups in total. The number of hydrogen-bond donors (Lipinski definition) is 2. The second-order valence-corrected chi connectivity index (χ2v) is 3.38. The number of amides is 1. The Bertz CT molecular complexity index is 526. The Balaban J connectivity index is 2.11. The summed E-state index contributed by atoms with van der Waals surface area (Å²) in [5, 5.41) is 2.96. The predicted molar refractivity (Wildman–Crippen MR) is 58.7 cm³/mol. The molecule has 1 aromatic carbocycles. The second kappa shape index (κ2) is 4.65. The fourth-order valence-electron chi connectivity index (χ4n) is 1.34. The highest BCUT2D eigenvalue weighted by Crippen LogP contribution is 2.15. The molecule has 0 bridgehead atoms. The van der Waals surface area contributed by atoms with Crippen molar-refractivity contribution in [2.24, 2.45) is 5.73 Å². The van der Waals surface area contributed by atoms with Crippen LogP contribution < -0.4 is 11.1 Å². The standard InChI is InChI=1S/C11H10FN3O2/c12-10-2-1-7(3-9(10)11(13)16)15-5-8-4-14-6-17-8/h1-4,6,15H,5H2,(H2,13,16). The molecule has 0 aliphatic rings. The van der Waals surface area contributed by atoms with E-state index < -0.39 is 11.7 Å². The van der Waals surface area contributed by atoms with Crippen molar-refractivity contribution in [1.82, 2.24) is 4.98 Å². The summed E-state index contributed by atoms with van der Waals surface area (Å²) in [6.07, 6.45) is 2.88. The van der Waals surface area contributed by atoms with E-state index in [-0.39, 0.29) is 5.56 Å². The largest absolute Gasteiger partial charge is 0.447 e. The Labute approximate surface area is 96.4 Å². The Morgan fingerprint density at radius 3 is 3.00 bits per heavy atom. The number of benzene rings is 1. The average molecular weight is 235 g/mol. The van der Waals surface area contributed by atoms with Crippen LogP contribution in [0, 0.1) is 5.82 Å². The number of aromatic nitrogens is 1. The van der Waals surface area contributed by atoms with E-state index in [4.69, 9.17) is 10.2 Å². The Kier molecular flexibility index (Phi) is 3.04. The van der Waals surface area contributed by atoms with Gasteiger partial charge in [-0.2, -0.15) is 0 Å². The van der Waals surface area contributed by atoms with Crippen LogP contribution in [0.5, 0.6) is 0 Å². The first-order valence-corrected chi connectivity index (χ1v) is 4.87. The van der Waals surface area contributed by atoms with Gasteiger partial charge in [0.05, 0.1) is 18.3 Å². The van der Waals surface area contributed by atoms with Gasteiger partial charge in [0, 0.05) is 5.69 Å². The lowest BCUT2D eigenvalue weighted by molar-refractivity contribution is 0.0996. The lowest BCUT2D eigenvalue weighted by Gasteiger charge is -2.06. The lowest BCUT2D eigenvalue weighted by atomic mass is 10.2. The molecule has 0 unspecified atom stereocenters. The minimum absolute atomic E-state index is 0.146. The predicted octanol–water partition coefficient (Wildman–Crippen LogP) is 1.52. The number of nitrogens with one attached hydrogen (secondary N) is 1. The first-order chi connectivity index (χ1) is 8.16. The maximum atomic E-state index is 13.2. The number of carbonyl (C=O) groups is 1. The summed E-state index contributed by atoms with van der Waals surface area (Å²) in [4.78, 5) is 14.7. The third-order valence-corrected chi connectivity index (χ3v) is 2.18. The molecule has 0 aliphatic heterocycles. The van der Waals surface area contributed by atoms with Crippen LogP contribution in [0.25, 0.3) is 0 Å². The molecule has 6 heteroatoms. The van der Waals surface area contributed by atoms with Crippen LogP contribution in [0.1, 0.15) is 16.1 Å². The normalized spacial score (nSPS) is 10.2. The van der Waals surface area contributed by atoms with E-state index in [2.05, 4.69) is 10.3 Å². The first kappa shape index (κ1) is 11.1. The topological polar surface area (TPSA) is 81.2 Å². The molecular weight excluding hydrogens is 225 g/mol. The van der Waals surface area contributed by atoms with Crippen LogP contribution in [0.2, 0.25) is 0 Å². The fraction of sp³-hybridized carbons (Fsp3) is 0.0909. The summed E-state index contributed by atoms with van der Waals surface area (Å²) < 4.78 is 18.2. The minimum atomic E-state index is -0.800. The highest BCUT2D eigenvalue weighted by molar-refractivity contribution is 5.94. The molecule has 1 heterocycles. The van der Waals surface area contributed by atoms with E-state index in [1.165, 1.54) is 24.6 Å². The summed E-state index contributed by atoms with van der Waals surface area (Å²) in [6.45, 7) is 0.393. The zero-order chi connectivity index (χ0) is 12.3. The van der Waals surface area contributed by atoms with Gasteiger partial charge in [0.25, 0.3) is 5.91 Å². The van der Waals surface area contributed by atoms with Crippen molar-refractivity contribution in [3.05, 3.63) is 47.9 Å². The van der Waals surface area contributed by atoms with Gasteiger partial charge in [0.2, 0.25) is 0 Å². The average Bonchev–Trinajstić information content (AvgIpc) is 2.80. The van der Waals surface area contributed by atoms with Gasteiger partial charge in [0.15, 0.2) is 6.39 Å².